The number of nitrogens with two attached hydrogens (primary N) is 1. The first-order valence-corrected chi connectivity index (χ1v) is 7.87. The highest BCUT2D eigenvalue weighted by molar-refractivity contribution is 7.99. The Morgan fingerprint density at radius 3 is 3.00 bits per heavy atom. The molecule has 3 N–H and O–H groups in total. The zero-order chi connectivity index (χ0) is 14.5. The van der Waals surface area contributed by atoms with E-state index in [1.54, 1.807) is 6.07 Å². The summed E-state index contributed by atoms with van der Waals surface area (Å²) in [6.07, 6.45) is 0.701. The molecule has 6 heteroatoms. The number of benzene rings is 1. The van der Waals surface area contributed by atoms with Gasteiger partial charge in [0.1, 0.15) is 0 Å². The molecule has 2 rings (SSSR count). The monoisotopic (exact) mass is 299 g/mol. The maximum absolute atomic E-state index is 13.7. The van der Waals surface area contributed by atoms with Crippen LogP contribution in [0, 0.1) is 5.82 Å². The Kier molecular flexibility index (Phi) is 5.65. The van der Waals surface area contributed by atoms with Crippen molar-refractivity contribution in [3.63, 3.8) is 0 Å². The molecule has 1 fully saturated rings. The molecule has 0 aromatic heterocycles. The Bertz CT molecular complexity index is 446. The van der Waals surface area contributed by atoms with Crippen LogP contribution in [0.1, 0.15) is 5.56 Å². The first-order chi connectivity index (χ1) is 9.65. The van der Waals surface area contributed by atoms with Crippen molar-refractivity contribution in [1.29, 1.82) is 0 Å². The maximum Gasteiger partial charge on any atom is 0.165 e. The van der Waals surface area contributed by atoms with Crippen LogP contribution in [0.15, 0.2) is 18.2 Å². The number of hydrogen-bond donors (Lipinski definition) is 2. The summed E-state index contributed by atoms with van der Waals surface area (Å²) < 4.78 is 18.7. The lowest BCUT2D eigenvalue weighted by atomic mass is 9.99. The number of halogens is 1. The van der Waals surface area contributed by atoms with Gasteiger partial charge >= 0.3 is 0 Å². The predicted octanol–water partition coefficient (Wildman–Crippen LogP) is 1.26. The average Bonchev–Trinajstić information content (AvgIpc) is 2.46. The second-order valence-electron chi connectivity index (χ2n) is 5.07. The minimum atomic E-state index is -0.327. The van der Waals surface area contributed by atoms with Crippen molar-refractivity contribution in [3.8, 4) is 5.75 Å². The van der Waals surface area contributed by atoms with Crippen LogP contribution in [0.2, 0.25) is 0 Å². The van der Waals surface area contributed by atoms with E-state index in [1.807, 2.05) is 17.8 Å². The first-order valence-electron chi connectivity index (χ1n) is 6.72. The Hall–Kier alpha value is -0.820. The Morgan fingerprint density at radius 1 is 1.60 bits per heavy atom. The fourth-order valence-corrected chi connectivity index (χ4v) is 3.84. The molecule has 1 aromatic rings. The zero-order valence-electron chi connectivity index (χ0n) is 11.9. The number of hydrazine groups is 1. The molecule has 20 heavy (non-hydrogen) atoms. The lowest BCUT2D eigenvalue weighted by Crippen LogP contribution is -2.55. The molecule has 0 saturated carbocycles. The lowest BCUT2D eigenvalue weighted by Gasteiger charge is -2.37. The molecular formula is C14H22FN3OS. The Morgan fingerprint density at radius 2 is 2.40 bits per heavy atom. The molecule has 1 heterocycles. The number of hydrogen-bond acceptors (Lipinski definition) is 5. The molecule has 0 radical (unpaired) electrons. The largest absolute Gasteiger partial charge is 0.494 e. The summed E-state index contributed by atoms with van der Waals surface area (Å²) in [4.78, 5) is 2.32. The van der Waals surface area contributed by atoms with Crippen LogP contribution in [0.4, 0.5) is 4.39 Å². The van der Waals surface area contributed by atoms with E-state index in [-0.39, 0.29) is 17.6 Å². The fourth-order valence-electron chi connectivity index (χ4n) is 2.53. The van der Waals surface area contributed by atoms with E-state index in [9.17, 15) is 4.39 Å². The van der Waals surface area contributed by atoms with Crippen molar-refractivity contribution < 1.29 is 9.13 Å². The van der Waals surface area contributed by atoms with E-state index in [1.165, 1.54) is 13.2 Å². The number of rotatable bonds is 5. The topological polar surface area (TPSA) is 50.5 Å². The second-order valence-corrected chi connectivity index (χ2v) is 6.22. The summed E-state index contributed by atoms with van der Waals surface area (Å²) in [6, 6.07) is 5.56. The van der Waals surface area contributed by atoms with Crippen molar-refractivity contribution in [2.24, 2.45) is 5.84 Å². The molecule has 112 valence electrons. The molecule has 2 atom stereocenters. The van der Waals surface area contributed by atoms with Gasteiger partial charge in [-0.15, -0.1) is 0 Å². The van der Waals surface area contributed by atoms with Gasteiger partial charge in [-0.2, -0.15) is 11.8 Å². The molecule has 1 aromatic carbocycles. The summed E-state index contributed by atoms with van der Waals surface area (Å²) in [5.74, 6) is 7.85. The quantitative estimate of drug-likeness (QED) is 0.633. The maximum atomic E-state index is 13.7. The number of likely N-dealkylation sites (N-methyl/N-ethyl adjacent to an activating group) is 1. The summed E-state index contributed by atoms with van der Waals surface area (Å²) in [7, 11) is 3.58. The van der Waals surface area contributed by atoms with Crippen LogP contribution in [0.5, 0.6) is 5.75 Å². The van der Waals surface area contributed by atoms with Gasteiger partial charge in [-0.3, -0.25) is 11.3 Å². The highest BCUT2D eigenvalue weighted by atomic mass is 32.2. The van der Waals surface area contributed by atoms with Gasteiger partial charge in [-0.05, 0) is 31.2 Å². The van der Waals surface area contributed by atoms with E-state index >= 15 is 0 Å². The number of ether oxygens (including phenoxy) is 1. The van der Waals surface area contributed by atoms with Gasteiger partial charge in [-0.1, -0.05) is 6.07 Å². The third-order valence-electron chi connectivity index (χ3n) is 3.79. The van der Waals surface area contributed by atoms with Gasteiger partial charge in [0.15, 0.2) is 11.6 Å². The van der Waals surface area contributed by atoms with Crippen molar-refractivity contribution in [2.45, 2.75) is 18.5 Å². The predicted molar refractivity (Wildman–Crippen MR) is 81.5 cm³/mol. The van der Waals surface area contributed by atoms with Crippen molar-refractivity contribution in [3.05, 3.63) is 29.6 Å². The van der Waals surface area contributed by atoms with Crippen LogP contribution in [-0.2, 0) is 6.42 Å². The zero-order valence-corrected chi connectivity index (χ0v) is 12.8. The smallest absolute Gasteiger partial charge is 0.165 e. The fraction of sp³-hybridized carbons (Fsp3) is 0.571. The summed E-state index contributed by atoms with van der Waals surface area (Å²) in [5.41, 5.74) is 3.82. The molecule has 0 amide bonds. The summed E-state index contributed by atoms with van der Waals surface area (Å²) in [5, 5.41) is 0. The van der Waals surface area contributed by atoms with Crippen LogP contribution < -0.4 is 16.0 Å². The lowest BCUT2D eigenvalue weighted by molar-refractivity contribution is 0.214. The van der Waals surface area contributed by atoms with Crippen molar-refractivity contribution in [1.82, 2.24) is 10.3 Å². The molecule has 1 aliphatic heterocycles. The molecule has 1 aliphatic rings. The number of methoxy groups -OCH3 is 1. The standard InChI is InChI=1S/C14H22FN3OS/c1-18-5-6-20-9-13(18)12(17-16)8-10-3-4-14(19-2)11(15)7-10/h3-4,7,12-13,17H,5-6,8-9,16H2,1-2H3. The van der Waals surface area contributed by atoms with Crippen LogP contribution in [0.25, 0.3) is 0 Å². The summed E-state index contributed by atoms with van der Waals surface area (Å²) >= 11 is 1.94. The number of thioether (sulfide) groups is 1. The van der Waals surface area contributed by atoms with Gasteiger partial charge in [-0.25, -0.2) is 4.39 Å². The number of nitrogens with one attached hydrogen (secondary N) is 1. The molecule has 0 aliphatic carbocycles. The van der Waals surface area contributed by atoms with Gasteiger partial charge in [0.05, 0.1) is 7.11 Å². The normalized spacial score (nSPS) is 21.7. The van der Waals surface area contributed by atoms with Gasteiger partial charge < -0.3 is 9.64 Å². The third kappa shape index (κ3) is 3.63. The minimum Gasteiger partial charge on any atom is -0.494 e. The third-order valence-corrected chi connectivity index (χ3v) is 4.84. The van der Waals surface area contributed by atoms with Crippen LogP contribution in [-0.4, -0.2) is 49.2 Å². The first kappa shape index (κ1) is 15.6. The van der Waals surface area contributed by atoms with Gasteiger partial charge in [0.2, 0.25) is 0 Å². The van der Waals surface area contributed by atoms with Crippen LogP contribution >= 0.6 is 11.8 Å². The molecule has 2 unspecified atom stereocenters. The number of nitrogens with zero attached hydrogens (tertiary/aromatic N) is 1. The van der Waals surface area contributed by atoms with E-state index in [0.29, 0.717) is 12.5 Å². The van der Waals surface area contributed by atoms with E-state index < -0.39 is 0 Å². The highest BCUT2D eigenvalue weighted by Gasteiger charge is 2.27. The molecule has 1 saturated heterocycles. The van der Waals surface area contributed by atoms with E-state index in [4.69, 9.17) is 10.6 Å². The van der Waals surface area contributed by atoms with Crippen molar-refractivity contribution in [2.75, 3.05) is 32.2 Å². The highest BCUT2D eigenvalue weighted by Crippen LogP contribution is 2.22. The molecule has 0 spiro atoms. The molecule has 0 bridgehead atoms. The van der Waals surface area contributed by atoms with Gasteiger partial charge in [0, 0.05) is 30.1 Å². The average molecular weight is 299 g/mol. The molecular weight excluding hydrogens is 277 g/mol. The summed E-state index contributed by atoms with van der Waals surface area (Å²) in [6.45, 7) is 1.06. The van der Waals surface area contributed by atoms with Gasteiger partial charge in [0.25, 0.3) is 0 Å². The van der Waals surface area contributed by atoms with E-state index in [0.717, 1.165) is 23.6 Å². The Labute approximate surface area is 123 Å². The Balaban J connectivity index is 2.07. The minimum absolute atomic E-state index is 0.112. The van der Waals surface area contributed by atoms with E-state index in [2.05, 4.69) is 17.4 Å². The van der Waals surface area contributed by atoms with Crippen molar-refractivity contribution >= 4 is 11.8 Å². The second kappa shape index (κ2) is 7.26. The van der Waals surface area contributed by atoms with Crippen LogP contribution in [0.3, 0.4) is 0 Å². The molecule has 4 nitrogen and oxygen atoms in total. The SMILES string of the molecule is COc1ccc(CC(NN)C2CSCCN2C)cc1F.